The molecule has 1 aromatic heterocycles. The van der Waals surface area contributed by atoms with Gasteiger partial charge in [0.05, 0.1) is 6.61 Å². The topological polar surface area (TPSA) is 34.1 Å². The minimum Gasteiger partial charge on any atom is -0.491 e. The van der Waals surface area contributed by atoms with Crippen molar-refractivity contribution < 1.29 is 17.9 Å². The average molecular weight is 295 g/mol. The Morgan fingerprint density at radius 2 is 2.26 bits per heavy atom. The summed E-state index contributed by atoms with van der Waals surface area (Å²) >= 11 is 0. The zero-order valence-electron chi connectivity index (χ0n) is 10.0. The molecule has 1 saturated carbocycles. The Labute approximate surface area is 115 Å². The first kappa shape index (κ1) is 14.4. The van der Waals surface area contributed by atoms with Gasteiger partial charge in [0, 0.05) is 18.2 Å². The molecule has 1 N–H and O–H groups in total. The molecule has 2 heterocycles. The number of pyridine rings is 1. The number of fused-ring (bicyclic) bond motifs is 1. The zero-order valence-corrected chi connectivity index (χ0v) is 10.9. The van der Waals surface area contributed by atoms with E-state index < -0.39 is 11.9 Å². The van der Waals surface area contributed by atoms with Crippen LogP contribution >= 0.6 is 12.4 Å². The van der Waals surface area contributed by atoms with Crippen molar-refractivity contribution in [1.82, 2.24) is 10.3 Å². The molecule has 106 valence electrons. The van der Waals surface area contributed by atoms with Gasteiger partial charge in [0.25, 0.3) is 0 Å². The van der Waals surface area contributed by atoms with Gasteiger partial charge >= 0.3 is 6.18 Å². The molecule has 0 aromatic carbocycles. The number of halogens is 4. The molecule has 19 heavy (non-hydrogen) atoms. The third-order valence-corrected chi connectivity index (χ3v) is 3.78. The Bertz CT molecular complexity index is 469. The van der Waals surface area contributed by atoms with Crippen LogP contribution in [0.3, 0.4) is 0 Å². The van der Waals surface area contributed by atoms with Crippen molar-refractivity contribution >= 4 is 12.4 Å². The quantitative estimate of drug-likeness (QED) is 0.930. The Kier molecular flexibility index (Phi) is 3.66. The number of aromatic nitrogens is 1. The normalized spacial score (nSPS) is 28.5. The fourth-order valence-electron chi connectivity index (χ4n) is 2.60. The Hall–Kier alpha value is -1.01. The Balaban J connectivity index is 0.00000133. The number of hydrogen-bond donors (Lipinski definition) is 1. The molecule has 1 aliphatic heterocycles. The van der Waals surface area contributed by atoms with Gasteiger partial charge in [-0.25, -0.2) is 4.98 Å². The molecule has 0 bridgehead atoms. The first-order chi connectivity index (χ1) is 8.51. The van der Waals surface area contributed by atoms with E-state index in [1.165, 1.54) is 12.1 Å². The van der Waals surface area contributed by atoms with E-state index >= 15 is 0 Å². The lowest BCUT2D eigenvalue weighted by molar-refractivity contribution is -0.142. The Morgan fingerprint density at radius 3 is 2.84 bits per heavy atom. The molecule has 7 heteroatoms. The van der Waals surface area contributed by atoms with Crippen LogP contribution in [0.15, 0.2) is 18.3 Å². The highest BCUT2D eigenvalue weighted by Gasteiger charge is 2.57. The first-order valence-electron chi connectivity index (χ1n) is 5.87. The van der Waals surface area contributed by atoms with Crippen molar-refractivity contribution in [3.63, 3.8) is 0 Å². The number of nitrogens with one attached hydrogen (secondary N) is 1. The molecule has 0 amide bonds. The average Bonchev–Trinajstić information content (AvgIpc) is 2.88. The number of ether oxygens (including phenoxy) is 1. The smallest absolute Gasteiger partial charge is 0.437 e. The van der Waals surface area contributed by atoms with Gasteiger partial charge in [0.1, 0.15) is 5.75 Å². The highest BCUT2D eigenvalue weighted by Crippen LogP contribution is 2.55. The summed E-state index contributed by atoms with van der Waals surface area (Å²) in [4.78, 5) is 3.37. The van der Waals surface area contributed by atoms with E-state index in [0.29, 0.717) is 12.5 Å². The monoisotopic (exact) mass is 294 g/mol. The van der Waals surface area contributed by atoms with Gasteiger partial charge in [-0.3, -0.25) is 0 Å². The maximum absolute atomic E-state index is 12.7. The second-order valence-corrected chi connectivity index (χ2v) is 5.03. The lowest BCUT2D eigenvalue weighted by Crippen LogP contribution is -2.23. The van der Waals surface area contributed by atoms with Crippen molar-refractivity contribution in [2.24, 2.45) is 11.3 Å². The molecular formula is C12H14ClF3N2O. The van der Waals surface area contributed by atoms with Crippen LogP contribution in [0.5, 0.6) is 5.75 Å². The van der Waals surface area contributed by atoms with Crippen LogP contribution in [-0.4, -0.2) is 24.7 Å². The van der Waals surface area contributed by atoms with Crippen LogP contribution in [0.4, 0.5) is 13.2 Å². The molecule has 0 radical (unpaired) electrons. The maximum Gasteiger partial charge on any atom is 0.437 e. The van der Waals surface area contributed by atoms with Gasteiger partial charge < -0.3 is 10.1 Å². The van der Waals surface area contributed by atoms with Crippen molar-refractivity contribution in [2.75, 3.05) is 19.7 Å². The van der Waals surface area contributed by atoms with E-state index in [1.54, 1.807) is 0 Å². The number of rotatable bonds is 3. The summed E-state index contributed by atoms with van der Waals surface area (Å²) in [7, 11) is 0. The van der Waals surface area contributed by atoms with Crippen molar-refractivity contribution in [3.8, 4) is 5.75 Å². The fraction of sp³-hybridized carbons (Fsp3) is 0.583. The zero-order chi connectivity index (χ0) is 12.8. The lowest BCUT2D eigenvalue weighted by Gasteiger charge is -2.16. The maximum atomic E-state index is 12.7. The SMILES string of the molecule is Cl.FC(F)(F)c1ncccc1OCC12CNCC1C2. The number of alkyl halides is 3. The number of hydrogen-bond acceptors (Lipinski definition) is 3. The van der Waals surface area contributed by atoms with E-state index in [9.17, 15) is 13.2 Å². The second kappa shape index (κ2) is 4.83. The van der Waals surface area contributed by atoms with E-state index in [1.807, 2.05) is 0 Å². The molecule has 1 aromatic rings. The fourth-order valence-corrected chi connectivity index (χ4v) is 2.60. The summed E-state index contributed by atoms with van der Waals surface area (Å²) in [5.41, 5.74) is -0.886. The van der Waals surface area contributed by atoms with Gasteiger partial charge in [-0.15, -0.1) is 12.4 Å². The standard InChI is InChI=1S/C12H13F3N2O.ClH/c13-12(14,15)10-9(2-1-3-17-10)18-7-11-4-8(11)5-16-6-11;/h1-3,8,16H,4-7H2;1H. The molecule has 3 nitrogen and oxygen atoms in total. The molecule has 2 aliphatic rings. The largest absolute Gasteiger partial charge is 0.491 e. The molecular weight excluding hydrogens is 281 g/mol. The molecule has 3 rings (SSSR count). The predicted molar refractivity (Wildman–Crippen MR) is 65.4 cm³/mol. The minimum atomic E-state index is -4.47. The summed E-state index contributed by atoms with van der Waals surface area (Å²) in [5, 5.41) is 3.23. The molecule has 1 saturated heterocycles. The molecule has 2 unspecified atom stereocenters. The molecule has 2 fully saturated rings. The van der Waals surface area contributed by atoms with E-state index in [0.717, 1.165) is 25.7 Å². The Morgan fingerprint density at radius 1 is 1.47 bits per heavy atom. The highest BCUT2D eigenvalue weighted by molar-refractivity contribution is 5.85. The summed E-state index contributed by atoms with van der Waals surface area (Å²) in [6.45, 7) is 2.11. The van der Waals surface area contributed by atoms with Crippen LogP contribution < -0.4 is 10.1 Å². The van der Waals surface area contributed by atoms with E-state index in [-0.39, 0.29) is 23.6 Å². The van der Waals surface area contributed by atoms with Gasteiger partial charge in [-0.1, -0.05) is 0 Å². The van der Waals surface area contributed by atoms with Crippen LogP contribution in [-0.2, 0) is 6.18 Å². The summed E-state index contributed by atoms with van der Waals surface area (Å²) in [6.07, 6.45) is -2.29. The van der Waals surface area contributed by atoms with E-state index in [2.05, 4.69) is 10.3 Å². The van der Waals surface area contributed by atoms with Crippen LogP contribution in [0, 0.1) is 11.3 Å². The summed E-state index contributed by atoms with van der Waals surface area (Å²) in [5.74, 6) is 0.389. The van der Waals surface area contributed by atoms with Gasteiger partial charge in [-0.2, -0.15) is 13.2 Å². The van der Waals surface area contributed by atoms with Crippen LogP contribution in [0.2, 0.25) is 0 Å². The van der Waals surface area contributed by atoms with Gasteiger partial charge in [-0.05, 0) is 31.0 Å². The van der Waals surface area contributed by atoms with Gasteiger partial charge in [0.15, 0.2) is 5.69 Å². The van der Waals surface area contributed by atoms with Crippen LogP contribution in [0.25, 0.3) is 0 Å². The van der Waals surface area contributed by atoms with Crippen molar-refractivity contribution in [3.05, 3.63) is 24.0 Å². The molecule has 0 spiro atoms. The lowest BCUT2D eigenvalue weighted by atomic mass is 10.1. The highest BCUT2D eigenvalue weighted by atomic mass is 35.5. The van der Waals surface area contributed by atoms with Crippen molar-refractivity contribution in [1.29, 1.82) is 0 Å². The minimum absolute atomic E-state index is 0. The van der Waals surface area contributed by atoms with Crippen molar-refractivity contribution in [2.45, 2.75) is 12.6 Å². The third-order valence-electron chi connectivity index (χ3n) is 3.78. The van der Waals surface area contributed by atoms with E-state index in [4.69, 9.17) is 4.74 Å². The summed E-state index contributed by atoms with van der Waals surface area (Å²) < 4.78 is 43.5. The molecule has 1 aliphatic carbocycles. The summed E-state index contributed by atoms with van der Waals surface area (Å²) in [6, 6.07) is 2.78. The predicted octanol–water partition coefficient (Wildman–Crippen LogP) is 2.51. The van der Waals surface area contributed by atoms with Gasteiger partial charge in [0.2, 0.25) is 0 Å². The first-order valence-corrected chi connectivity index (χ1v) is 5.87. The second-order valence-electron chi connectivity index (χ2n) is 5.03. The number of piperidine rings is 1. The third kappa shape index (κ3) is 2.65. The van der Waals surface area contributed by atoms with Crippen LogP contribution in [0.1, 0.15) is 12.1 Å². The number of nitrogens with zero attached hydrogens (tertiary/aromatic N) is 1. The molecule has 2 atom stereocenters.